The van der Waals surface area contributed by atoms with Crippen LogP contribution >= 0.6 is 0 Å². The molecule has 2 rings (SSSR count). The van der Waals surface area contributed by atoms with Crippen molar-refractivity contribution in [2.24, 2.45) is 5.92 Å². The zero-order valence-electron chi connectivity index (χ0n) is 12.7. The molecule has 6 nitrogen and oxygen atoms in total. The summed E-state index contributed by atoms with van der Waals surface area (Å²) in [5, 5.41) is 0. The van der Waals surface area contributed by atoms with Gasteiger partial charge in [0.1, 0.15) is 5.82 Å². The van der Waals surface area contributed by atoms with E-state index in [4.69, 9.17) is 15.2 Å². The predicted molar refractivity (Wildman–Crippen MR) is 81.4 cm³/mol. The number of carbonyl (C=O) groups excluding carboxylic acids is 1. The highest BCUT2D eigenvalue weighted by atomic mass is 16.5. The number of carbonyl (C=O) groups is 1. The van der Waals surface area contributed by atoms with Gasteiger partial charge >= 0.3 is 5.97 Å². The van der Waals surface area contributed by atoms with Crippen molar-refractivity contribution in [1.29, 1.82) is 0 Å². The van der Waals surface area contributed by atoms with Crippen LogP contribution in [-0.2, 0) is 9.47 Å². The first-order valence-corrected chi connectivity index (χ1v) is 7.33. The number of aromatic nitrogens is 1. The fourth-order valence-electron chi connectivity index (χ4n) is 1.90. The molecule has 1 aromatic rings. The van der Waals surface area contributed by atoms with Crippen LogP contribution in [0.2, 0.25) is 0 Å². The van der Waals surface area contributed by atoms with Gasteiger partial charge in [-0.2, -0.15) is 0 Å². The Hall–Kier alpha value is -1.82. The minimum absolute atomic E-state index is 0.320. The Labute approximate surface area is 125 Å². The van der Waals surface area contributed by atoms with E-state index >= 15 is 0 Å². The van der Waals surface area contributed by atoms with Gasteiger partial charge in [0.05, 0.1) is 30.7 Å². The van der Waals surface area contributed by atoms with E-state index in [1.807, 2.05) is 11.9 Å². The number of ether oxygens (including phenoxy) is 2. The van der Waals surface area contributed by atoms with Crippen molar-refractivity contribution < 1.29 is 14.3 Å². The van der Waals surface area contributed by atoms with Crippen molar-refractivity contribution in [2.75, 3.05) is 44.0 Å². The van der Waals surface area contributed by atoms with Gasteiger partial charge in [0.2, 0.25) is 0 Å². The van der Waals surface area contributed by atoms with Crippen molar-refractivity contribution in [3.63, 3.8) is 0 Å². The van der Waals surface area contributed by atoms with E-state index in [0.29, 0.717) is 36.8 Å². The number of pyridine rings is 1. The highest BCUT2D eigenvalue weighted by molar-refractivity contribution is 5.95. The smallest absolute Gasteiger partial charge is 0.340 e. The highest BCUT2D eigenvalue weighted by Gasteiger charge is 2.21. The molecular weight excluding hydrogens is 270 g/mol. The largest absolute Gasteiger partial charge is 0.462 e. The second-order valence-electron chi connectivity index (χ2n) is 5.29. The van der Waals surface area contributed by atoms with Crippen LogP contribution in [0.3, 0.4) is 0 Å². The van der Waals surface area contributed by atoms with Gasteiger partial charge in [-0.1, -0.05) is 0 Å². The van der Waals surface area contributed by atoms with Crippen molar-refractivity contribution in [3.8, 4) is 0 Å². The average molecular weight is 293 g/mol. The Bertz CT molecular complexity index is 489. The van der Waals surface area contributed by atoms with E-state index in [1.165, 1.54) is 19.0 Å². The summed E-state index contributed by atoms with van der Waals surface area (Å²) in [6, 6.07) is 1.66. The Balaban J connectivity index is 1.91. The third kappa shape index (κ3) is 4.60. The zero-order chi connectivity index (χ0) is 15.2. The Morgan fingerprint density at radius 2 is 2.29 bits per heavy atom. The van der Waals surface area contributed by atoms with E-state index in [-0.39, 0.29) is 0 Å². The normalized spacial score (nSPS) is 14.0. The maximum Gasteiger partial charge on any atom is 0.340 e. The number of nitrogens with zero attached hydrogens (tertiary/aromatic N) is 2. The van der Waals surface area contributed by atoms with Gasteiger partial charge in [0.15, 0.2) is 0 Å². The van der Waals surface area contributed by atoms with E-state index < -0.39 is 5.97 Å². The molecule has 0 spiro atoms. The van der Waals surface area contributed by atoms with Crippen molar-refractivity contribution >= 4 is 17.5 Å². The molecule has 0 aliphatic heterocycles. The summed E-state index contributed by atoms with van der Waals surface area (Å²) in [5.74, 6) is 1.03. The summed E-state index contributed by atoms with van der Waals surface area (Å²) in [7, 11) is 1.91. The minimum Gasteiger partial charge on any atom is -0.462 e. The molecular formula is C15H23N3O3. The molecule has 21 heavy (non-hydrogen) atoms. The summed E-state index contributed by atoms with van der Waals surface area (Å²) >= 11 is 0. The summed E-state index contributed by atoms with van der Waals surface area (Å²) in [6.07, 6.45) is 4.07. The summed E-state index contributed by atoms with van der Waals surface area (Å²) in [5.41, 5.74) is 6.46. The number of nitrogens with two attached hydrogens (primary N) is 1. The molecule has 0 aromatic carbocycles. The number of hydrogen-bond donors (Lipinski definition) is 1. The Kier molecular flexibility index (Phi) is 5.38. The third-order valence-corrected chi connectivity index (χ3v) is 3.43. The SMILES string of the molecule is CCOC(=O)c1cc(N(C)CCOCC2CC2)ncc1N. The third-order valence-electron chi connectivity index (χ3n) is 3.43. The molecule has 116 valence electrons. The lowest BCUT2D eigenvalue weighted by Gasteiger charge is -2.19. The number of anilines is 2. The number of rotatable bonds is 8. The predicted octanol–water partition coefficient (Wildman–Crippen LogP) is 1.70. The van der Waals surface area contributed by atoms with Crippen LogP contribution in [0, 0.1) is 5.92 Å². The number of likely N-dealkylation sites (N-methyl/N-ethyl adjacent to an activating group) is 1. The quantitative estimate of drug-likeness (QED) is 0.580. The molecule has 0 radical (unpaired) electrons. The Morgan fingerprint density at radius 1 is 1.52 bits per heavy atom. The van der Waals surface area contributed by atoms with E-state index in [0.717, 1.165) is 12.5 Å². The maximum absolute atomic E-state index is 11.8. The average Bonchev–Trinajstić information content (AvgIpc) is 3.28. The van der Waals surface area contributed by atoms with Gasteiger partial charge < -0.3 is 20.1 Å². The van der Waals surface area contributed by atoms with Crippen LogP contribution in [0.15, 0.2) is 12.3 Å². The summed E-state index contributed by atoms with van der Waals surface area (Å²) in [4.78, 5) is 18.0. The molecule has 0 amide bonds. The molecule has 2 N–H and O–H groups in total. The van der Waals surface area contributed by atoms with Crippen LogP contribution in [-0.4, -0.2) is 44.4 Å². The highest BCUT2D eigenvalue weighted by Crippen LogP contribution is 2.28. The second-order valence-corrected chi connectivity index (χ2v) is 5.29. The zero-order valence-corrected chi connectivity index (χ0v) is 12.7. The van der Waals surface area contributed by atoms with Gasteiger partial charge in [-0.3, -0.25) is 0 Å². The summed E-state index contributed by atoms with van der Waals surface area (Å²) in [6.45, 7) is 4.29. The molecule has 0 atom stereocenters. The standard InChI is InChI=1S/C15H23N3O3/c1-3-21-15(19)12-8-14(17-9-13(12)16)18(2)6-7-20-10-11-4-5-11/h8-9,11H,3-7,10,16H2,1-2H3. The molecule has 0 unspecified atom stereocenters. The number of nitrogen functional groups attached to an aromatic ring is 1. The molecule has 0 bridgehead atoms. The maximum atomic E-state index is 11.8. The monoisotopic (exact) mass is 293 g/mol. The molecule has 1 aliphatic carbocycles. The lowest BCUT2D eigenvalue weighted by Crippen LogP contribution is -2.24. The van der Waals surface area contributed by atoms with Crippen LogP contribution in [0.25, 0.3) is 0 Å². The lowest BCUT2D eigenvalue weighted by molar-refractivity contribution is 0.0527. The van der Waals surface area contributed by atoms with E-state index in [9.17, 15) is 4.79 Å². The molecule has 1 heterocycles. The van der Waals surface area contributed by atoms with Crippen LogP contribution < -0.4 is 10.6 Å². The fourth-order valence-corrected chi connectivity index (χ4v) is 1.90. The van der Waals surface area contributed by atoms with Crippen molar-refractivity contribution in [3.05, 3.63) is 17.8 Å². The molecule has 6 heteroatoms. The van der Waals surface area contributed by atoms with Gasteiger partial charge in [-0.15, -0.1) is 0 Å². The number of esters is 1. The first-order valence-electron chi connectivity index (χ1n) is 7.33. The van der Waals surface area contributed by atoms with Crippen LogP contribution in [0.5, 0.6) is 0 Å². The number of hydrogen-bond acceptors (Lipinski definition) is 6. The van der Waals surface area contributed by atoms with Gasteiger partial charge in [-0.05, 0) is 31.7 Å². The first-order chi connectivity index (χ1) is 10.1. The first kappa shape index (κ1) is 15.6. The second kappa shape index (κ2) is 7.26. The van der Waals surface area contributed by atoms with Crippen LogP contribution in [0.1, 0.15) is 30.1 Å². The molecule has 1 aliphatic rings. The Morgan fingerprint density at radius 3 is 2.95 bits per heavy atom. The molecule has 1 aromatic heterocycles. The van der Waals surface area contributed by atoms with E-state index in [2.05, 4.69) is 4.98 Å². The molecule has 1 fully saturated rings. The van der Waals surface area contributed by atoms with Crippen molar-refractivity contribution in [2.45, 2.75) is 19.8 Å². The van der Waals surface area contributed by atoms with Gasteiger partial charge in [0.25, 0.3) is 0 Å². The minimum atomic E-state index is -0.419. The van der Waals surface area contributed by atoms with E-state index in [1.54, 1.807) is 13.0 Å². The van der Waals surface area contributed by atoms with Gasteiger partial charge in [-0.25, -0.2) is 9.78 Å². The summed E-state index contributed by atoms with van der Waals surface area (Å²) < 4.78 is 10.6. The lowest BCUT2D eigenvalue weighted by atomic mass is 10.2. The molecule has 0 saturated heterocycles. The van der Waals surface area contributed by atoms with Crippen molar-refractivity contribution in [1.82, 2.24) is 4.98 Å². The van der Waals surface area contributed by atoms with Gasteiger partial charge in [0, 0.05) is 20.2 Å². The topological polar surface area (TPSA) is 77.7 Å². The van der Waals surface area contributed by atoms with Crippen LogP contribution in [0.4, 0.5) is 11.5 Å². The fraction of sp³-hybridized carbons (Fsp3) is 0.600. The molecule has 1 saturated carbocycles.